The quantitative estimate of drug-likeness (QED) is 0.531. The van der Waals surface area contributed by atoms with Gasteiger partial charge in [-0.1, -0.05) is 18.2 Å². The van der Waals surface area contributed by atoms with Crippen LogP contribution in [0.25, 0.3) is 33.5 Å². The minimum absolute atomic E-state index is 0.281. The van der Waals surface area contributed by atoms with Crippen LogP contribution >= 0.6 is 0 Å². The number of benzene rings is 1. The number of nitrogens with one attached hydrogen (secondary N) is 1. The summed E-state index contributed by atoms with van der Waals surface area (Å²) in [5.74, 6) is 0.281. The van der Waals surface area contributed by atoms with Gasteiger partial charge >= 0.3 is 0 Å². The predicted octanol–water partition coefficient (Wildman–Crippen LogP) is 2.82. The second kappa shape index (κ2) is 7.92. The van der Waals surface area contributed by atoms with Crippen LogP contribution in [0.2, 0.25) is 0 Å². The lowest BCUT2D eigenvalue weighted by Gasteiger charge is -2.16. The van der Waals surface area contributed by atoms with Gasteiger partial charge in [0.25, 0.3) is 5.91 Å². The van der Waals surface area contributed by atoms with Gasteiger partial charge in [0.1, 0.15) is 11.4 Å². The predicted molar refractivity (Wildman–Crippen MR) is 113 cm³/mol. The number of hydrogen-bond donors (Lipinski definition) is 2. The number of ether oxygens (including phenoxy) is 1. The Morgan fingerprint density at radius 2 is 1.97 bits per heavy atom. The molecule has 3 heterocycles. The summed E-state index contributed by atoms with van der Waals surface area (Å²) in [7, 11) is 4.80. The third-order valence-electron chi connectivity index (χ3n) is 4.80. The molecule has 0 bridgehead atoms. The lowest BCUT2D eigenvalue weighted by atomic mass is 10.1. The molecule has 4 aromatic rings. The van der Waals surface area contributed by atoms with Crippen LogP contribution in [0.4, 0.5) is 0 Å². The summed E-state index contributed by atoms with van der Waals surface area (Å²) < 4.78 is 5.47. The minimum Gasteiger partial charge on any atom is -0.496 e. The van der Waals surface area contributed by atoms with Crippen LogP contribution in [-0.4, -0.2) is 57.3 Å². The van der Waals surface area contributed by atoms with Crippen molar-refractivity contribution in [3.8, 4) is 28.3 Å². The first-order valence-electron chi connectivity index (χ1n) is 9.33. The summed E-state index contributed by atoms with van der Waals surface area (Å²) >= 11 is 0. The van der Waals surface area contributed by atoms with Gasteiger partial charge in [0.15, 0.2) is 11.8 Å². The Hall–Kier alpha value is -3.78. The summed E-state index contributed by atoms with van der Waals surface area (Å²) in [6.07, 6.45) is 0.355. The zero-order valence-electron chi connectivity index (χ0n) is 16.8. The van der Waals surface area contributed by atoms with Gasteiger partial charge in [-0.25, -0.2) is 9.97 Å². The monoisotopic (exact) mass is 403 g/mol. The number of fused-ring (bicyclic) bond motifs is 1. The topological polar surface area (TPSA) is 104 Å². The Bertz CT molecular complexity index is 1220. The number of carbonyl (C=O) groups is 1. The molecule has 3 aromatic heterocycles. The van der Waals surface area contributed by atoms with Gasteiger partial charge in [0.05, 0.1) is 18.5 Å². The lowest BCUT2D eigenvalue weighted by Crippen LogP contribution is -2.28. The van der Waals surface area contributed by atoms with Crippen LogP contribution in [-0.2, 0) is 4.79 Å². The molecule has 8 nitrogen and oxygen atoms in total. The molecule has 1 amide bonds. The first kappa shape index (κ1) is 19.5. The van der Waals surface area contributed by atoms with E-state index in [2.05, 4.69) is 20.2 Å². The molecule has 0 radical (unpaired) electrons. The van der Waals surface area contributed by atoms with Gasteiger partial charge in [0.2, 0.25) is 0 Å². The van der Waals surface area contributed by atoms with Crippen LogP contribution in [0.15, 0.2) is 54.7 Å². The van der Waals surface area contributed by atoms with Crippen LogP contribution in [0.3, 0.4) is 0 Å². The highest BCUT2D eigenvalue weighted by Crippen LogP contribution is 2.34. The third kappa shape index (κ3) is 3.48. The molecular formula is C22H21N5O3. The molecule has 1 atom stereocenters. The molecule has 0 fully saturated rings. The van der Waals surface area contributed by atoms with E-state index in [1.165, 1.54) is 4.90 Å². The Morgan fingerprint density at radius 1 is 1.17 bits per heavy atom. The number of aromatic nitrogens is 4. The number of amides is 1. The van der Waals surface area contributed by atoms with Crippen molar-refractivity contribution in [3.05, 3.63) is 60.4 Å². The number of aromatic amines is 1. The Morgan fingerprint density at radius 3 is 2.73 bits per heavy atom. The van der Waals surface area contributed by atoms with E-state index in [0.29, 0.717) is 17.1 Å². The molecule has 1 unspecified atom stereocenters. The van der Waals surface area contributed by atoms with Crippen LogP contribution in [0, 0.1) is 0 Å². The molecule has 0 saturated carbocycles. The fourth-order valence-electron chi connectivity index (χ4n) is 3.22. The van der Waals surface area contributed by atoms with Gasteiger partial charge in [-0.05, 0) is 30.3 Å². The van der Waals surface area contributed by atoms with Crippen molar-refractivity contribution < 1.29 is 14.6 Å². The van der Waals surface area contributed by atoms with E-state index < -0.39 is 12.0 Å². The van der Waals surface area contributed by atoms with Crippen molar-refractivity contribution in [2.75, 3.05) is 21.2 Å². The second-order valence-electron chi connectivity index (χ2n) is 6.98. The molecule has 30 heavy (non-hydrogen) atoms. The number of nitrogens with zero attached hydrogens (tertiary/aromatic N) is 4. The van der Waals surface area contributed by atoms with Crippen LogP contribution in [0.1, 0.15) is 11.8 Å². The van der Waals surface area contributed by atoms with E-state index >= 15 is 0 Å². The molecule has 4 rings (SSSR count). The van der Waals surface area contributed by atoms with E-state index in [1.807, 2.05) is 36.4 Å². The highest BCUT2D eigenvalue weighted by molar-refractivity contribution is 5.94. The summed E-state index contributed by atoms with van der Waals surface area (Å²) in [5.41, 5.74) is 3.82. The first-order valence-corrected chi connectivity index (χ1v) is 9.33. The molecule has 152 valence electrons. The summed E-state index contributed by atoms with van der Waals surface area (Å²) in [6, 6.07) is 14.7. The average molecular weight is 403 g/mol. The minimum atomic E-state index is -1.32. The number of methoxy groups -OCH3 is 1. The molecule has 0 saturated heterocycles. The fourth-order valence-corrected chi connectivity index (χ4v) is 3.22. The van der Waals surface area contributed by atoms with Crippen molar-refractivity contribution in [2.45, 2.75) is 6.10 Å². The molecule has 0 aliphatic rings. The van der Waals surface area contributed by atoms with Gasteiger partial charge in [-0.15, -0.1) is 0 Å². The van der Waals surface area contributed by atoms with Gasteiger partial charge < -0.3 is 14.7 Å². The number of hydrogen-bond acceptors (Lipinski definition) is 6. The summed E-state index contributed by atoms with van der Waals surface area (Å²) in [4.78, 5) is 22.4. The van der Waals surface area contributed by atoms with Crippen molar-refractivity contribution in [1.82, 2.24) is 25.1 Å². The zero-order valence-corrected chi connectivity index (χ0v) is 16.8. The Balaban J connectivity index is 1.78. The average Bonchev–Trinajstić information content (AvgIpc) is 3.21. The summed E-state index contributed by atoms with van der Waals surface area (Å²) in [5, 5.41) is 18.5. The number of aliphatic hydroxyl groups excluding tert-OH is 1. The standard InChI is InChI=1S/C22H21N5O3/c1-27(2)22(29)20(28)17-9-6-8-16(24-17)13-11-15-19(25-26-21(15)23-12-13)14-7-4-5-10-18(14)30-3/h4-12,20,28H,1-3H3,(H,23,25,26). The number of pyridine rings is 2. The molecular weight excluding hydrogens is 382 g/mol. The number of H-pyrrole nitrogens is 1. The number of carbonyl (C=O) groups excluding carboxylic acids is 1. The second-order valence-corrected chi connectivity index (χ2v) is 6.98. The SMILES string of the molecule is COc1ccccc1-c1n[nH]c2ncc(-c3cccc(C(O)C(=O)N(C)C)n3)cc12. The van der Waals surface area contributed by atoms with Crippen molar-refractivity contribution in [1.29, 1.82) is 0 Å². The van der Waals surface area contributed by atoms with E-state index in [-0.39, 0.29) is 5.69 Å². The smallest absolute Gasteiger partial charge is 0.257 e. The van der Waals surface area contributed by atoms with Crippen molar-refractivity contribution in [3.63, 3.8) is 0 Å². The largest absolute Gasteiger partial charge is 0.496 e. The third-order valence-corrected chi connectivity index (χ3v) is 4.80. The van der Waals surface area contributed by atoms with E-state index in [4.69, 9.17) is 4.74 Å². The highest BCUT2D eigenvalue weighted by atomic mass is 16.5. The lowest BCUT2D eigenvalue weighted by molar-refractivity contribution is -0.138. The van der Waals surface area contributed by atoms with Gasteiger partial charge in [-0.3, -0.25) is 9.89 Å². The first-order chi connectivity index (χ1) is 14.5. The molecule has 0 aliphatic heterocycles. The summed E-state index contributed by atoms with van der Waals surface area (Å²) in [6.45, 7) is 0. The molecule has 0 spiro atoms. The molecule has 8 heteroatoms. The molecule has 0 aliphatic carbocycles. The van der Waals surface area contributed by atoms with Crippen LogP contribution < -0.4 is 4.74 Å². The van der Waals surface area contributed by atoms with Crippen LogP contribution in [0.5, 0.6) is 5.75 Å². The normalized spacial score (nSPS) is 12.0. The van der Waals surface area contributed by atoms with E-state index in [9.17, 15) is 9.90 Å². The maximum atomic E-state index is 12.1. The number of likely N-dealkylation sites (N-methyl/N-ethyl adjacent to an activating group) is 1. The number of para-hydroxylation sites is 1. The number of aliphatic hydroxyl groups is 1. The Kier molecular flexibility index (Phi) is 5.16. The molecule has 1 aromatic carbocycles. The maximum absolute atomic E-state index is 12.1. The van der Waals surface area contributed by atoms with Crippen molar-refractivity contribution >= 4 is 16.9 Å². The molecule has 2 N–H and O–H groups in total. The highest BCUT2D eigenvalue weighted by Gasteiger charge is 2.21. The van der Waals surface area contributed by atoms with E-state index in [0.717, 1.165) is 22.2 Å². The zero-order chi connectivity index (χ0) is 21.3. The maximum Gasteiger partial charge on any atom is 0.257 e. The Labute approximate surface area is 173 Å². The number of rotatable bonds is 5. The van der Waals surface area contributed by atoms with Gasteiger partial charge in [-0.2, -0.15) is 5.10 Å². The van der Waals surface area contributed by atoms with Gasteiger partial charge in [0, 0.05) is 36.8 Å². The fraction of sp³-hybridized carbons (Fsp3) is 0.182. The van der Waals surface area contributed by atoms with E-state index in [1.54, 1.807) is 39.5 Å². The van der Waals surface area contributed by atoms with Crippen molar-refractivity contribution in [2.24, 2.45) is 0 Å².